The highest BCUT2D eigenvalue weighted by atomic mass is 79.9. The van der Waals surface area contributed by atoms with E-state index in [4.69, 9.17) is 4.74 Å². The Kier molecular flexibility index (Phi) is 3.63. The van der Waals surface area contributed by atoms with Gasteiger partial charge in [0.25, 0.3) is 0 Å². The zero-order chi connectivity index (χ0) is 12.5. The molecule has 0 amide bonds. The highest BCUT2D eigenvalue weighted by Gasteiger charge is 2.33. The Morgan fingerprint density at radius 1 is 1.35 bits per heavy atom. The first-order valence-corrected chi connectivity index (χ1v) is 5.97. The molecule has 1 N–H and O–H groups in total. The summed E-state index contributed by atoms with van der Waals surface area (Å²) in [6.45, 7) is 1.19. The second-order valence-corrected chi connectivity index (χ2v) is 4.75. The van der Waals surface area contributed by atoms with Crippen molar-refractivity contribution in [2.75, 3.05) is 18.5 Å². The topological polar surface area (TPSA) is 21.3 Å². The van der Waals surface area contributed by atoms with Crippen molar-refractivity contribution in [2.24, 2.45) is 0 Å². The number of anilines is 1. The van der Waals surface area contributed by atoms with Crippen molar-refractivity contribution in [3.63, 3.8) is 0 Å². The second-order valence-electron chi connectivity index (χ2n) is 3.90. The van der Waals surface area contributed by atoms with Gasteiger partial charge in [-0.05, 0) is 24.6 Å². The highest BCUT2D eigenvalue weighted by molar-refractivity contribution is 9.10. The van der Waals surface area contributed by atoms with Crippen molar-refractivity contribution in [3.8, 4) is 0 Å². The fourth-order valence-electron chi connectivity index (χ4n) is 1.72. The van der Waals surface area contributed by atoms with Crippen LogP contribution >= 0.6 is 15.9 Å². The number of benzene rings is 1. The Hall–Kier alpha value is -0.750. The quantitative estimate of drug-likeness (QED) is 0.900. The summed E-state index contributed by atoms with van der Waals surface area (Å²) in [5.41, 5.74) is -0.197. The van der Waals surface area contributed by atoms with Gasteiger partial charge in [-0.15, -0.1) is 0 Å². The summed E-state index contributed by atoms with van der Waals surface area (Å²) in [6.07, 6.45) is -3.53. The molecule has 0 saturated carbocycles. The third-order valence-corrected chi connectivity index (χ3v) is 3.26. The standard InChI is InChI=1S/C11H11BrF3NO/c12-10-2-1-7(5-9(10)11(13,14)15)16-8-3-4-17-6-8/h1-2,5,8,16H,3-4,6H2. The average Bonchev–Trinajstić information content (AvgIpc) is 2.72. The van der Waals surface area contributed by atoms with E-state index < -0.39 is 11.7 Å². The van der Waals surface area contributed by atoms with Crippen molar-refractivity contribution in [1.29, 1.82) is 0 Å². The molecule has 1 aliphatic heterocycles. The number of hydrogen-bond acceptors (Lipinski definition) is 2. The summed E-state index contributed by atoms with van der Waals surface area (Å²) in [5, 5.41) is 3.03. The number of ether oxygens (including phenoxy) is 1. The summed E-state index contributed by atoms with van der Waals surface area (Å²) >= 11 is 2.91. The normalized spacial score (nSPS) is 20.6. The lowest BCUT2D eigenvalue weighted by molar-refractivity contribution is -0.138. The van der Waals surface area contributed by atoms with Crippen LogP contribution in [0.5, 0.6) is 0 Å². The molecular formula is C11H11BrF3NO. The molecule has 0 bridgehead atoms. The van der Waals surface area contributed by atoms with Gasteiger partial charge >= 0.3 is 6.18 Å². The Labute approximate surface area is 105 Å². The van der Waals surface area contributed by atoms with Gasteiger partial charge in [-0.25, -0.2) is 0 Å². The first-order valence-electron chi connectivity index (χ1n) is 5.18. The van der Waals surface area contributed by atoms with Gasteiger partial charge in [0, 0.05) is 16.8 Å². The van der Waals surface area contributed by atoms with E-state index in [0.717, 1.165) is 12.5 Å². The van der Waals surface area contributed by atoms with E-state index in [9.17, 15) is 13.2 Å². The van der Waals surface area contributed by atoms with Crippen LogP contribution in [-0.2, 0) is 10.9 Å². The molecule has 1 atom stereocenters. The predicted octanol–water partition coefficient (Wildman–Crippen LogP) is 3.67. The van der Waals surface area contributed by atoms with Gasteiger partial charge in [-0.2, -0.15) is 13.2 Å². The fraction of sp³-hybridized carbons (Fsp3) is 0.455. The molecular weight excluding hydrogens is 299 g/mol. The van der Waals surface area contributed by atoms with Crippen LogP contribution < -0.4 is 5.32 Å². The van der Waals surface area contributed by atoms with E-state index in [0.29, 0.717) is 18.9 Å². The minimum atomic E-state index is -4.34. The van der Waals surface area contributed by atoms with Gasteiger partial charge in [0.05, 0.1) is 18.2 Å². The van der Waals surface area contributed by atoms with Crippen molar-refractivity contribution in [1.82, 2.24) is 0 Å². The molecule has 1 aliphatic rings. The number of hydrogen-bond donors (Lipinski definition) is 1. The molecule has 0 aromatic heterocycles. The minimum Gasteiger partial charge on any atom is -0.380 e. The number of halogens is 4. The van der Waals surface area contributed by atoms with Crippen LogP contribution in [0.2, 0.25) is 0 Å². The SMILES string of the molecule is FC(F)(F)c1cc(NC2CCOC2)ccc1Br. The van der Waals surface area contributed by atoms with Gasteiger partial charge < -0.3 is 10.1 Å². The third-order valence-electron chi connectivity index (χ3n) is 2.57. The van der Waals surface area contributed by atoms with Gasteiger partial charge in [-0.3, -0.25) is 0 Å². The molecule has 0 radical (unpaired) electrons. The third kappa shape index (κ3) is 3.13. The molecule has 2 rings (SSSR count). The lowest BCUT2D eigenvalue weighted by Crippen LogP contribution is -2.19. The smallest absolute Gasteiger partial charge is 0.380 e. The molecule has 6 heteroatoms. The molecule has 2 nitrogen and oxygen atoms in total. The highest BCUT2D eigenvalue weighted by Crippen LogP contribution is 2.36. The summed E-state index contributed by atoms with van der Waals surface area (Å²) in [6, 6.07) is 4.23. The van der Waals surface area contributed by atoms with Crippen LogP contribution in [0.3, 0.4) is 0 Å². The van der Waals surface area contributed by atoms with Crippen LogP contribution in [0.4, 0.5) is 18.9 Å². The van der Waals surface area contributed by atoms with Crippen molar-refractivity contribution < 1.29 is 17.9 Å². The number of rotatable bonds is 2. The molecule has 0 spiro atoms. The second kappa shape index (κ2) is 4.86. The molecule has 17 heavy (non-hydrogen) atoms. The molecule has 1 fully saturated rings. The number of alkyl halides is 3. The lowest BCUT2D eigenvalue weighted by Gasteiger charge is -2.15. The van der Waals surface area contributed by atoms with Crippen LogP contribution in [0.15, 0.2) is 22.7 Å². The number of nitrogens with one attached hydrogen (secondary N) is 1. The zero-order valence-electron chi connectivity index (χ0n) is 8.85. The summed E-state index contributed by atoms with van der Waals surface area (Å²) < 4.78 is 43.2. The molecule has 1 saturated heterocycles. The van der Waals surface area contributed by atoms with Crippen molar-refractivity contribution in [2.45, 2.75) is 18.6 Å². The molecule has 0 aliphatic carbocycles. The maximum Gasteiger partial charge on any atom is 0.417 e. The molecule has 1 aromatic rings. The molecule has 94 valence electrons. The average molecular weight is 310 g/mol. The van der Waals surface area contributed by atoms with Gasteiger partial charge in [0.15, 0.2) is 0 Å². The van der Waals surface area contributed by atoms with E-state index >= 15 is 0 Å². The predicted molar refractivity (Wildman–Crippen MR) is 62.0 cm³/mol. The van der Waals surface area contributed by atoms with E-state index in [2.05, 4.69) is 21.2 Å². The van der Waals surface area contributed by atoms with E-state index in [1.807, 2.05) is 0 Å². The summed E-state index contributed by atoms with van der Waals surface area (Å²) in [4.78, 5) is 0. The maximum absolute atomic E-state index is 12.7. The van der Waals surface area contributed by atoms with E-state index in [-0.39, 0.29) is 10.5 Å². The van der Waals surface area contributed by atoms with Crippen LogP contribution in [0.1, 0.15) is 12.0 Å². The molecule has 1 heterocycles. The first-order chi connectivity index (χ1) is 7.97. The minimum absolute atomic E-state index is 0.0539. The Bertz CT molecular complexity index is 402. The monoisotopic (exact) mass is 309 g/mol. The van der Waals surface area contributed by atoms with Gasteiger partial charge in [0.2, 0.25) is 0 Å². The largest absolute Gasteiger partial charge is 0.417 e. The van der Waals surface area contributed by atoms with Crippen molar-refractivity contribution in [3.05, 3.63) is 28.2 Å². The lowest BCUT2D eigenvalue weighted by atomic mass is 10.1. The van der Waals surface area contributed by atoms with E-state index in [1.54, 1.807) is 6.07 Å². The van der Waals surface area contributed by atoms with Crippen molar-refractivity contribution >= 4 is 21.6 Å². The van der Waals surface area contributed by atoms with Crippen LogP contribution in [0, 0.1) is 0 Å². The fourth-order valence-corrected chi connectivity index (χ4v) is 2.19. The Balaban J connectivity index is 2.18. The molecule has 1 aromatic carbocycles. The van der Waals surface area contributed by atoms with E-state index in [1.165, 1.54) is 6.07 Å². The van der Waals surface area contributed by atoms with Crippen LogP contribution in [0.25, 0.3) is 0 Å². The summed E-state index contributed by atoms with van der Waals surface area (Å²) in [7, 11) is 0. The van der Waals surface area contributed by atoms with Gasteiger partial charge in [-0.1, -0.05) is 15.9 Å². The van der Waals surface area contributed by atoms with Crippen LogP contribution in [-0.4, -0.2) is 19.3 Å². The van der Waals surface area contributed by atoms with Gasteiger partial charge in [0.1, 0.15) is 0 Å². The Morgan fingerprint density at radius 3 is 2.71 bits per heavy atom. The maximum atomic E-state index is 12.7. The zero-order valence-corrected chi connectivity index (χ0v) is 10.4. The Morgan fingerprint density at radius 2 is 2.12 bits per heavy atom. The molecule has 1 unspecified atom stereocenters. The first kappa shape index (κ1) is 12.7. The summed E-state index contributed by atoms with van der Waals surface area (Å²) in [5.74, 6) is 0.